The number of rotatable bonds is 4. The van der Waals surface area contributed by atoms with Gasteiger partial charge in [-0.25, -0.2) is 4.79 Å². The first-order valence-corrected chi connectivity index (χ1v) is 5.73. The average Bonchev–Trinajstić information content (AvgIpc) is 2.36. The van der Waals surface area contributed by atoms with Crippen LogP contribution >= 0.6 is 0 Å². The van der Waals surface area contributed by atoms with E-state index in [1.165, 1.54) is 4.90 Å². The Morgan fingerprint density at radius 3 is 2.67 bits per heavy atom. The summed E-state index contributed by atoms with van der Waals surface area (Å²) in [5, 5.41) is 5.40. The number of carbonyl (C=O) groups excluding carboxylic acids is 2. The molecule has 98 valence electrons. The van der Waals surface area contributed by atoms with Crippen molar-refractivity contribution >= 4 is 11.9 Å². The maximum Gasteiger partial charge on any atom is 0.317 e. The summed E-state index contributed by atoms with van der Waals surface area (Å²) in [7, 11) is 3.32. The highest BCUT2D eigenvalue weighted by Crippen LogP contribution is 2.02. The molecule has 0 aliphatic rings. The van der Waals surface area contributed by atoms with Crippen molar-refractivity contribution in [2.24, 2.45) is 0 Å². The van der Waals surface area contributed by atoms with Crippen LogP contribution in [0.15, 0.2) is 18.3 Å². The van der Waals surface area contributed by atoms with E-state index >= 15 is 0 Å². The Bertz CT molecular complexity index is 432. The van der Waals surface area contributed by atoms with Gasteiger partial charge in [0, 0.05) is 32.4 Å². The van der Waals surface area contributed by atoms with Crippen LogP contribution in [0.5, 0.6) is 0 Å². The summed E-state index contributed by atoms with van der Waals surface area (Å²) in [5.41, 5.74) is 1.19. The summed E-state index contributed by atoms with van der Waals surface area (Å²) in [4.78, 5) is 28.5. The molecule has 1 heterocycles. The first kappa shape index (κ1) is 14.0. The molecule has 3 amide bonds. The molecule has 0 saturated heterocycles. The number of hydrogen-bond donors (Lipinski definition) is 2. The Balaban J connectivity index is 2.65. The normalized spacial score (nSPS) is 9.72. The van der Waals surface area contributed by atoms with Crippen molar-refractivity contribution in [3.8, 4) is 0 Å². The highest BCUT2D eigenvalue weighted by molar-refractivity contribution is 5.94. The monoisotopic (exact) mass is 250 g/mol. The number of urea groups is 1. The summed E-state index contributed by atoms with van der Waals surface area (Å²) in [6.45, 7) is 2.73. The van der Waals surface area contributed by atoms with Gasteiger partial charge >= 0.3 is 6.03 Å². The predicted octanol–water partition coefficient (Wildman–Crippen LogP) is 0.603. The van der Waals surface area contributed by atoms with E-state index in [0.717, 1.165) is 0 Å². The lowest BCUT2D eigenvalue weighted by Crippen LogP contribution is -2.34. The van der Waals surface area contributed by atoms with E-state index in [1.54, 1.807) is 32.4 Å². The minimum absolute atomic E-state index is 0.139. The first-order valence-electron chi connectivity index (χ1n) is 5.73. The average molecular weight is 250 g/mol. The number of nitrogens with zero attached hydrogens (tertiary/aromatic N) is 2. The van der Waals surface area contributed by atoms with E-state index in [2.05, 4.69) is 15.6 Å². The smallest absolute Gasteiger partial charge is 0.317 e. The predicted molar refractivity (Wildman–Crippen MR) is 68.2 cm³/mol. The fourth-order valence-electron chi connectivity index (χ4n) is 1.30. The molecular weight excluding hydrogens is 232 g/mol. The molecule has 0 radical (unpaired) electrons. The lowest BCUT2D eigenvalue weighted by atomic mass is 10.2. The first-order chi connectivity index (χ1) is 8.54. The minimum atomic E-state index is -0.194. The SMILES string of the molecule is CCNC(=O)c1ccnc(CNC(=O)N(C)C)c1. The molecule has 0 atom stereocenters. The molecule has 0 bridgehead atoms. The molecule has 6 heteroatoms. The Labute approximate surface area is 106 Å². The van der Waals surface area contributed by atoms with Gasteiger partial charge in [-0.1, -0.05) is 0 Å². The van der Waals surface area contributed by atoms with Crippen LogP contribution in [-0.4, -0.2) is 42.5 Å². The zero-order valence-corrected chi connectivity index (χ0v) is 10.9. The van der Waals surface area contributed by atoms with Gasteiger partial charge in [0.2, 0.25) is 0 Å². The largest absolute Gasteiger partial charge is 0.352 e. The second-order valence-electron chi connectivity index (χ2n) is 3.95. The van der Waals surface area contributed by atoms with Crippen LogP contribution in [0.2, 0.25) is 0 Å². The molecule has 1 aromatic heterocycles. The third kappa shape index (κ3) is 4.04. The van der Waals surface area contributed by atoms with Crippen LogP contribution in [0.25, 0.3) is 0 Å². The van der Waals surface area contributed by atoms with Gasteiger partial charge in [0.25, 0.3) is 5.91 Å². The summed E-state index contributed by atoms with van der Waals surface area (Å²) >= 11 is 0. The van der Waals surface area contributed by atoms with E-state index in [0.29, 0.717) is 24.3 Å². The topological polar surface area (TPSA) is 74.3 Å². The third-order valence-electron chi connectivity index (χ3n) is 2.24. The van der Waals surface area contributed by atoms with Crippen molar-refractivity contribution in [1.82, 2.24) is 20.5 Å². The zero-order chi connectivity index (χ0) is 13.5. The zero-order valence-electron chi connectivity index (χ0n) is 10.9. The van der Waals surface area contributed by atoms with Gasteiger partial charge in [0.15, 0.2) is 0 Å². The standard InChI is InChI=1S/C12H18N4O2/c1-4-13-11(17)9-5-6-14-10(7-9)8-15-12(18)16(2)3/h5-7H,4,8H2,1-3H3,(H,13,17)(H,15,18). The third-order valence-corrected chi connectivity index (χ3v) is 2.24. The summed E-state index contributed by atoms with van der Waals surface area (Å²) < 4.78 is 0. The Morgan fingerprint density at radius 1 is 1.33 bits per heavy atom. The Kier molecular flexibility index (Phi) is 5.10. The van der Waals surface area contributed by atoms with Crippen LogP contribution in [0.4, 0.5) is 4.79 Å². The fraction of sp³-hybridized carbons (Fsp3) is 0.417. The van der Waals surface area contributed by atoms with Crippen LogP contribution in [-0.2, 0) is 6.54 Å². The van der Waals surface area contributed by atoms with E-state index in [-0.39, 0.29) is 11.9 Å². The minimum Gasteiger partial charge on any atom is -0.352 e. The second kappa shape index (κ2) is 6.58. The maximum atomic E-state index is 11.6. The maximum absolute atomic E-state index is 11.6. The van der Waals surface area contributed by atoms with Gasteiger partial charge in [-0.3, -0.25) is 9.78 Å². The Hall–Kier alpha value is -2.11. The van der Waals surface area contributed by atoms with Gasteiger partial charge in [0.1, 0.15) is 0 Å². The molecule has 0 saturated carbocycles. The lowest BCUT2D eigenvalue weighted by Gasteiger charge is -2.11. The highest BCUT2D eigenvalue weighted by Gasteiger charge is 2.07. The Morgan fingerprint density at radius 2 is 2.06 bits per heavy atom. The van der Waals surface area contributed by atoms with Gasteiger partial charge in [-0.15, -0.1) is 0 Å². The van der Waals surface area contributed by atoms with E-state index in [4.69, 9.17) is 0 Å². The second-order valence-corrected chi connectivity index (χ2v) is 3.95. The molecule has 0 aromatic carbocycles. The molecule has 1 aromatic rings. The summed E-state index contributed by atoms with van der Waals surface area (Å²) in [6.07, 6.45) is 1.56. The number of nitrogens with one attached hydrogen (secondary N) is 2. The fourth-order valence-corrected chi connectivity index (χ4v) is 1.30. The summed E-state index contributed by atoms with van der Waals surface area (Å²) in [5.74, 6) is -0.139. The van der Waals surface area contributed by atoms with Crippen molar-refractivity contribution in [2.45, 2.75) is 13.5 Å². The quantitative estimate of drug-likeness (QED) is 0.822. The molecule has 0 aliphatic carbocycles. The number of pyridine rings is 1. The number of amides is 3. The molecular formula is C12H18N4O2. The molecule has 0 fully saturated rings. The number of carbonyl (C=O) groups is 2. The molecule has 6 nitrogen and oxygen atoms in total. The molecule has 2 N–H and O–H groups in total. The van der Waals surface area contributed by atoms with E-state index in [9.17, 15) is 9.59 Å². The summed E-state index contributed by atoms with van der Waals surface area (Å²) in [6, 6.07) is 3.11. The van der Waals surface area contributed by atoms with Gasteiger partial charge in [0.05, 0.1) is 12.2 Å². The number of aromatic nitrogens is 1. The molecule has 1 rings (SSSR count). The van der Waals surface area contributed by atoms with Crippen molar-refractivity contribution in [3.63, 3.8) is 0 Å². The molecule has 18 heavy (non-hydrogen) atoms. The van der Waals surface area contributed by atoms with Crippen molar-refractivity contribution < 1.29 is 9.59 Å². The van der Waals surface area contributed by atoms with Crippen molar-refractivity contribution in [3.05, 3.63) is 29.6 Å². The lowest BCUT2D eigenvalue weighted by molar-refractivity contribution is 0.0955. The van der Waals surface area contributed by atoms with Crippen LogP contribution < -0.4 is 10.6 Å². The van der Waals surface area contributed by atoms with Gasteiger partial charge < -0.3 is 15.5 Å². The molecule has 0 spiro atoms. The van der Waals surface area contributed by atoms with Crippen LogP contribution in [0.1, 0.15) is 23.0 Å². The highest BCUT2D eigenvalue weighted by atomic mass is 16.2. The van der Waals surface area contributed by atoms with Gasteiger partial charge in [-0.2, -0.15) is 0 Å². The van der Waals surface area contributed by atoms with E-state index < -0.39 is 0 Å². The van der Waals surface area contributed by atoms with E-state index in [1.807, 2.05) is 6.92 Å². The number of hydrogen-bond acceptors (Lipinski definition) is 3. The van der Waals surface area contributed by atoms with Crippen molar-refractivity contribution in [2.75, 3.05) is 20.6 Å². The van der Waals surface area contributed by atoms with Crippen LogP contribution in [0.3, 0.4) is 0 Å². The molecule has 0 unspecified atom stereocenters. The molecule has 0 aliphatic heterocycles. The van der Waals surface area contributed by atoms with Crippen LogP contribution in [0, 0.1) is 0 Å². The van der Waals surface area contributed by atoms with Crippen molar-refractivity contribution in [1.29, 1.82) is 0 Å². The van der Waals surface area contributed by atoms with Gasteiger partial charge in [-0.05, 0) is 19.1 Å².